The van der Waals surface area contributed by atoms with Crippen molar-refractivity contribution in [3.05, 3.63) is 62.9 Å². The van der Waals surface area contributed by atoms with Crippen LogP contribution in [0.2, 0.25) is 5.02 Å². The van der Waals surface area contributed by atoms with E-state index in [4.69, 9.17) is 21.1 Å². The third kappa shape index (κ3) is 2.76. The second-order valence-corrected chi connectivity index (χ2v) is 7.83. The molecule has 0 atom stereocenters. The van der Waals surface area contributed by atoms with Crippen LogP contribution in [0.4, 0.5) is 0 Å². The highest BCUT2D eigenvalue weighted by Crippen LogP contribution is 2.35. The SMILES string of the molecule is Cn1c(=O)c2ccccc2n2c(SCc3cc(Cl)cc4c3OCOC4)nnc12. The summed E-state index contributed by atoms with van der Waals surface area (Å²) in [5.41, 5.74) is 2.60. The molecule has 0 saturated heterocycles. The Balaban J connectivity index is 1.59. The highest BCUT2D eigenvalue weighted by atomic mass is 35.5. The standard InChI is InChI=1S/C19H15ClN4O3S/c1-23-17(25)14-4-2-3-5-15(14)24-18(23)21-22-19(24)28-9-12-7-13(20)6-11-8-26-10-27-16(11)12/h2-7H,8-10H2,1H3. The van der Waals surface area contributed by atoms with Crippen LogP contribution in [0.25, 0.3) is 16.7 Å². The quantitative estimate of drug-likeness (QED) is 0.478. The number of nitrogens with zero attached hydrogens (tertiary/aromatic N) is 4. The maximum Gasteiger partial charge on any atom is 0.262 e. The number of para-hydroxylation sites is 1. The maximum absolute atomic E-state index is 12.6. The summed E-state index contributed by atoms with van der Waals surface area (Å²) in [5.74, 6) is 1.92. The number of aryl methyl sites for hydroxylation is 1. The first-order valence-electron chi connectivity index (χ1n) is 8.61. The van der Waals surface area contributed by atoms with E-state index in [1.165, 1.54) is 16.3 Å². The molecule has 0 spiro atoms. The number of benzene rings is 2. The van der Waals surface area contributed by atoms with Crippen LogP contribution in [0.5, 0.6) is 5.75 Å². The molecule has 1 aliphatic rings. The Labute approximate surface area is 168 Å². The Bertz CT molecular complexity index is 1280. The lowest BCUT2D eigenvalue weighted by Crippen LogP contribution is -2.20. The van der Waals surface area contributed by atoms with Gasteiger partial charge in [-0.05, 0) is 24.3 Å². The van der Waals surface area contributed by atoms with Gasteiger partial charge in [0.1, 0.15) is 5.75 Å². The second kappa shape index (κ2) is 6.80. The Morgan fingerprint density at radius 2 is 2.11 bits per heavy atom. The summed E-state index contributed by atoms with van der Waals surface area (Å²) in [6.07, 6.45) is 0. The number of hydrogen-bond donors (Lipinski definition) is 0. The summed E-state index contributed by atoms with van der Waals surface area (Å²) in [5, 5.41) is 10.5. The van der Waals surface area contributed by atoms with Crippen LogP contribution in [-0.2, 0) is 24.1 Å². The number of aromatic nitrogens is 4. The van der Waals surface area contributed by atoms with Gasteiger partial charge >= 0.3 is 0 Å². The molecule has 1 aliphatic heterocycles. The number of halogens is 1. The first-order chi connectivity index (χ1) is 13.6. The zero-order valence-corrected chi connectivity index (χ0v) is 16.5. The van der Waals surface area contributed by atoms with Crippen LogP contribution < -0.4 is 10.3 Å². The normalized spacial score (nSPS) is 13.6. The number of fused-ring (bicyclic) bond motifs is 4. The molecule has 3 heterocycles. The van der Waals surface area contributed by atoms with Crippen molar-refractivity contribution >= 4 is 40.0 Å². The topological polar surface area (TPSA) is 70.7 Å². The van der Waals surface area contributed by atoms with Gasteiger partial charge in [-0.3, -0.25) is 13.8 Å². The first-order valence-corrected chi connectivity index (χ1v) is 9.97. The van der Waals surface area contributed by atoms with Crippen LogP contribution in [0, 0.1) is 0 Å². The Hall–Kier alpha value is -2.55. The van der Waals surface area contributed by atoms with Crippen molar-refractivity contribution in [3.8, 4) is 5.75 Å². The predicted molar refractivity (Wildman–Crippen MR) is 107 cm³/mol. The second-order valence-electron chi connectivity index (χ2n) is 6.45. The largest absolute Gasteiger partial charge is 0.467 e. The number of hydrogen-bond acceptors (Lipinski definition) is 6. The van der Waals surface area contributed by atoms with Crippen molar-refractivity contribution in [2.45, 2.75) is 17.5 Å². The van der Waals surface area contributed by atoms with Gasteiger partial charge < -0.3 is 9.47 Å². The van der Waals surface area contributed by atoms with E-state index in [0.29, 0.717) is 33.7 Å². The third-order valence-corrected chi connectivity index (χ3v) is 5.90. The molecule has 0 aliphatic carbocycles. The molecular weight excluding hydrogens is 400 g/mol. The third-order valence-electron chi connectivity index (χ3n) is 4.70. The Morgan fingerprint density at radius 3 is 3.00 bits per heavy atom. The molecular formula is C19H15ClN4O3S. The molecule has 0 amide bonds. The lowest BCUT2D eigenvalue weighted by molar-refractivity contribution is -0.0168. The van der Waals surface area contributed by atoms with Crippen LogP contribution in [-0.4, -0.2) is 26.0 Å². The average Bonchev–Trinajstić information content (AvgIpc) is 3.14. The van der Waals surface area contributed by atoms with Gasteiger partial charge in [0, 0.05) is 29.0 Å². The molecule has 0 unspecified atom stereocenters. The van der Waals surface area contributed by atoms with Crippen molar-refractivity contribution in [2.24, 2.45) is 7.05 Å². The van der Waals surface area contributed by atoms with E-state index in [2.05, 4.69) is 10.2 Å². The van der Waals surface area contributed by atoms with Gasteiger partial charge in [0.2, 0.25) is 5.78 Å². The molecule has 0 fully saturated rings. The monoisotopic (exact) mass is 414 g/mol. The van der Waals surface area contributed by atoms with Crippen molar-refractivity contribution in [1.29, 1.82) is 0 Å². The highest BCUT2D eigenvalue weighted by Gasteiger charge is 2.19. The van der Waals surface area contributed by atoms with E-state index in [-0.39, 0.29) is 12.4 Å². The van der Waals surface area contributed by atoms with Crippen molar-refractivity contribution in [1.82, 2.24) is 19.2 Å². The summed E-state index contributed by atoms with van der Waals surface area (Å²) in [7, 11) is 1.70. The summed E-state index contributed by atoms with van der Waals surface area (Å²) in [4.78, 5) is 12.6. The van der Waals surface area contributed by atoms with Crippen LogP contribution in [0.15, 0.2) is 46.3 Å². The molecule has 7 nitrogen and oxygen atoms in total. The molecule has 28 heavy (non-hydrogen) atoms. The lowest BCUT2D eigenvalue weighted by atomic mass is 10.1. The Morgan fingerprint density at radius 1 is 1.25 bits per heavy atom. The van der Waals surface area contributed by atoms with Gasteiger partial charge in [0.05, 0.1) is 17.5 Å². The van der Waals surface area contributed by atoms with E-state index in [1.54, 1.807) is 7.05 Å². The van der Waals surface area contributed by atoms with E-state index >= 15 is 0 Å². The van der Waals surface area contributed by atoms with E-state index in [0.717, 1.165) is 22.4 Å². The fourth-order valence-electron chi connectivity index (χ4n) is 3.41. The fraction of sp³-hybridized carbons (Fsp3) is 0.211. The highest BCUT2D eigenvalue weighted by molar-refractivity contribution is 7.98. The molecule has 0 bridgehead atoms. The van der Waals surface area contributed by atoms with E-state index in [1.807, 2.05) is 40.8 Å². The van der Waals surface area contributed by atoms with Crippen LogP contribution >= 0.6 is 23.4 Å². The fourth-order valence-corrected chi connectivity index (χ4v) is 4.58. The predicted octanol–water partition coefficient (Wildman–Crippen LogP) is 3.39. The van der Waals surface area contributed by atoms with Gasteiger partial charge in [0.15, 0.2) is 11.9 Å². The minimum absolute atomic E-state index is 0.0932. The van der Waals surface area contributed by atoms with Gasteiger partial charge in [-0.25, -0.2) is 0 Å². The molecule has 0 radical (unpaired) electrons. The minimum Gasteiger partial charge on any atom is -0.467 e. The van der Waals surface area contributed by atoms with Gasteiger partial charge in [-0.2, -0.15) is 0 Å². The molecule has 5 rings (SSSR count). The number of ether oxygens (including phenoxy) is 2. The minimum atomic E-state index is -0.0932. The zero-order valence-electron chi connectivity index (χ0n) is 14.9. The van der Waals surface area contributed by atoms with Gasteiger partial charge in [-0.1, -0.05) is 35.5 Å². The molecule has 2 aromatic carbocycles. The first kappa shape index (κ1) is 17.5. The number of rotatable bonds is 3. The molecule has 4 aromatic rings. The van der Waals surface area contributed by atoms with Crippen LogP contribution in [0.1, 0.15) is 11.1 Å². The molecule has 0 N–H and O–H groups in total. The molecule has 9 heteroatoms. The van der Waals surface area contributed by atoms with Gasteiger partial charge in [-0.15, -0.1) is 10.2 Å². The summed E-state index contributed by atoms with van der Waals surface area (Å²) >= 11 is 7.78. The lowest BCUT2D eigenvalue weighted by Gasteiger charge is -2.20. The van der Waals surface area contributed by atoms with Crippen LogP contribution in [0.3, 0.4) is 0 Å². The molecule has 142 valence electrons. The summed E-state index contributed by atoms with van der Waals surface area (Å²) < 4.78 is 14.4. The maximum atomic E-state index is 12.6. The van der Waals surface area contributed by atoms with E-state index < -0.39 is 0 Å². The average molecular weight is 415 g/mol. The summed E-state index contributed by atoms with van der Waals surface area (Å²) in [6.45, 7) is 0.709. The zero-order chi connectivity index (χ0) is 19.3. The van der Waals surface area contributed by atoms with E-state index in [9.17, 15) is 4.79 Å². The van der Waals surface area contributed by atoms with Crippen molar-refractivity contribution in [2.75, 3.05) is 6.79 Å². The molecule has 0 saturated carbocycles. The van der Waals surface area contributed by atoms with Gasteiger partial charge in [0.25, 0.3) is 5.56 Å². The van der Waals surface area contributed by atoms with Crippen molar-refractivity contribution < 1.29 is 9.47 Å². The number of thioether (sulfide) groups is 1. The smallest absolute Gasteiger partial charge is 0.262 e. The summed E-state index contributed by atoms with van der Waals surface area (Å²) in [6, 6.07) is 11.2. The Kier molecular flexibility index (Phi) is 4.26. The van der Waals surface area contributed by atoms with Crippen molar-refractivity contribution in [3.63, 3.8) is 0 Å². The molecule has 2 aromatic heterocycles.